The lowest BCUT2D eigenvalue weighted by molar-refractivity contribution is -0.115. The molecule has 0 saturated carbocycles. The van der Waals surface area contributed by atoms with Crippen molar-refractivity contribution in [3.05, 3.63) is 75.8 Å². The molecule has 36 heavy (non-hydrogen) atoms. The number of methoxy groups -OCH3 is 3. The molecule has 0 saturated heterocycles. The second kappa shape index (κ2) is 11.8. The Kier molecular flexibility index (Phi) is 9.04. The fourth-order valence-electron chi connectivity index (χ4n) is 3.41. The molecular formula is C24H24Cl2N2O7S. The summed E-state index contributed by atoms with van der Waals surface area (Å²) in [6, 6.07) is 13.4. The van der Waals surface area contributed by atoms with Gasteiger partial charge < -0.3 is 24.6 Å². The van der Waals surface area contributed by atoms with Crippen molar-refractivity contribution in [1.82, 2.24) is 4.72 Å². The van der Waals surface area contributed by atoms with Crippen LogP contribution < -0.4 is 24.2 Å². The number of nitrogens with one attached hydrogen (secondary N) is 2. The lowest BCUT2D eigenvalue weighted by Crippen LogP contribution is -2.33. The summed E-state index contributed by atoms with van der Waals surface area (Å²) in [5.74, 6) is 0.244. The molecule has 192 valence electrons. The summed E-state index contributed by atoms with van der Waals surface area (Å²) in [5.41, 5.74) is 0.739. The maximum atomic E-state index is 12.7. The van der Waals surface area contributed by atoms with E-state index in [0.717, 1.165) is 0 Å². The van der Waals surface area contributed by atoms with E-state index in [0.29, 0.717) is 16.5 Å². The molecule has 0 heterocycles. The molecule has 0 aromatic heterocycles. The number of aliphatic hydroxyl groups excluding tert-OH is 1. The van der Waals surface area contributed by atoms with Gasteiger partial charge in [-0.05, 0) is 42.5 Å². The number of amides is 1. The number of benzene rings is 3. The Hall–Kier alpha value is -3.02. The molecule has 9 nitrogen and oxygen atoms in total. The van der Waals surface area contributed by atoms with Gasteiger partial charge in [0.2, 0.25) is 15.9 Å². The molecule has 3 aromatic rings. The van der Waals surface area contributed by atoms with Gasteiger partial charge in [-0.15, -0.1) is 0 Å². The van der Waals surface area contributed by atoms with Gasteiger partial charge in [0.25, 0.3) is 0 Å². The molecule has 1 atom stereocenters. The van der Waals surface area contributed by atoms with E-state index in [2.05, 4.69) is 10.0 Å². The van der Waals surface area contributed by atoms with E-state index in [9.17, 15) is 18.3 Å². The first-order valence-electron chi connectivity index (χ1n) is 10.4. The topological polar surface area (TPSA) is 123 Å². The number of ether oxygens (including phenoxy) is 3. The molecule has 0 aliphatic heterocycles. The molecule has 1 unspecified atom stereocenters. The quantitative estimate of drug-likeness (QED) is 0.345. The highest BCUT2D eigenvalue weighted by molar-refractivity contribution is 7.89. The molecule has 0 radical (unpaired) electrons. The lowest BCUT2D eigenvalue weighted by atomic mass is 9.98. The summed E-state index contributed by atoms with van der Waals surface area (Å²) in [6.07, 6.45) is -1.30. The van der Waals surface area contributed by atoms with Crippen molar-refractivity contribution in [2.24, 2.45) is 0 Å². The van der Waals surface area contributed by atoms with Crippen molar-refractivity contribution < 1.29 is 32.5 Å². The van der Waals surface area contributed by atoms with Crippen molar-refractivity contribution >= 4 is 44.8 Å². The van der Waals surface area contributed by atoms with E-state index >= 15 is 0 Å². The second-order valence-electron chi connectivity index (χ2n) is 7.38. The molecule has 0 aliphatic rings. The van der Waals surface area contributed by atoms with Crippen LogP contribution in [-0.4, -0.2) is 47.3 Å². The average molecular weight is 555 g/mol. The standard InChI is InChI=1S/C24H24Cl2N2O7S/c1-33-19-10-8-15(12-21(19)35-3)36(31,32)27-13-22(29)28-18-9-7-14(25)11-16(18)24(30)23-17(26)5-4-6-20(23)34-2/h4-12,24,27,30H,13H2,1-3H3,(H,28,29). The zero-order chi connectivity index (χ0) is 26.5. The molecule has 0 bridgehead atoms. The van der Waals surface area contributed by atoms with E-state index < -0.39 is 28.6 Å². The molecule has 1 amide bonds. The number of carbonyl (C=O) groups excluding carboxylic acids is 1. The van der Waals surface area contributed by atoms with Gasteiger partial charge in [-0.2, -0.15) is 0 Å². The Balaban J connectivity index is 1.80. The van der Waals surface area contributed by atoms with Gasteiger partial charge >= 0.3 is 0 Å². The SMILES string of the molecule is COc1ccc(S(=O)(=O)NCC(=O)Nc2ccc(Cl)cc2C(O)c2c(Cl)cccc2OC)cc1OC. The molecule has 3 aromatic carbocycles. The molecular weight excluding hydrogens is 531 g/mol. The number of carbonyl (C=O) groups is 1. The highest BCUT2D eigenvalue weighted by atomic mass is 35.5. The van der Waals surface area contributed by atoms with Crippen LogP contribution in [0.25, 0.3) is 0 Å². The van der Waals surface area contributed by atoms with E-state index in [1.807, 2.05) is 0 Å². The van der Waals surface area contributed by atoms with Crippen LogP contribution in [0.4, 0.5) is 5.69 Å². The first-order valence-corrected chi connectivity index (χ1v) is 12.7. The Bertz CT molecular complexity index is 1370. The number of halogens is 2. The predicted octanol–water partition coefficient (Wildman–Crippen LogP) is 4.02. The first kappa shape index (κ1) is 27.6. The predicted molar refractivity (Wildman–Crippen MR) is 137 cm³/mol. The van der Waals surface area contributed by atoms with Crippen LogP contribution in [-0.2, 0) is 14.8 Å². The van der Waals surface area contributed by atoms with Gasteiger partial charge in [0.1, 0.15) is 11.9 Å². The molecule has 3 rings (SSSR count). The number of hydrogen-bond acceptors (Lipinski definition) is 7. The van der Waals surface area contributed by atoms with Crippen molar-refractivity contribution in [1.29, 1.82) is 0 Å². The maximum absolute atomic E-state index is 12.7. The van der Waals surface area contributed by atoms with E-state index in [-0.39, 0.29) is 32.5 Å². The Morgan fingerprint density at radius 3 is 2.31 bits per heavy atom. The summed E-state index contributed by atoms with van der Waals surface area (Å²) in [6.45, 7) is -0.579. The number of rotatable bonds is 10. The van der Waals surface area contributed by atoms with Gasteiger partial charge in [-0.25, -0.2) is 13.1 Å². The molecule has 12 heteroatoms. The van der Waals surface area contributed by atoms with Crippen molar-refractivity contribution in [2.45, 2.75) is 11.0 Å². The van der Waals surface area contributed by atoms with Gasteiger partial charge in [-0.3, -0.25) is 4.79 Å². The minimum atomic E-state index is -4.05. The highest BCUT2D eigenvalue weighted by Crippen LogP contribution is 2.39. The monoisotopic (exact) mass is 554 g/mol. The summed E-state index contributed by atoms with van der Waals surface area (Å²) in [5, 5.41) is 14.3. The zero-order valence-corrected chi connectivity index (χ0v) is 21.9. The van der Waals surface area contributed by atoms with Crippen LogP contribution in [0.2, 0.25) is 10.0 Å². The average Bonchev–Trinajstić information content (AvgIpc) is 2.87. The summed E-state index contributed by atoms with van der Waals surface area (Å²) >= 11 is 12.4. The molecule has 0 fully saturated rings. The third-order valence-electron chi connectivity index (χ3n) is 5.18. The largest absolute Gasteiger partial charge is 0.496 e. The molecule has 0 spiro atoms. The van der Waals surface area contributed by atoms with Gasteiger partial charge in [0, 0.05) is 27.9 Å². The minimum Gasteiger partial charge on any atom is -0.496 e. The van der Waals surface area contributed by atoms with Crippen LogP contribution in [0.5, 0.6) is 17.2 Å². The van der Waals surface area contributed by atoms with Crippen LogP contribution in [0, 0.1) is 0 Å². The molecule has 0 aliphatic carbocycles. The number of hydrogen-bond donors (Lipinski definition) is 3. The van der Waals surface area contributed by atoms with E-state index in [1.54, 1.807) is 18.2 Å². The highest BCUT2D eigenvalue weighted by Gasteiger charge is 2.23. The van der Waals surface area contributed by atoms with Crippen LogP contribution in [0.15, 0.2) is 59.5 Å². The zero-order valence-electron chi connectivity index (χ0n) is 19.5. The fourth-order valence-corrected chi connectivity index (χ4v) is 4.86. The number of anilines is 1. The van der Waals surface area contributed by atoms with Crippen LogP contribution in [0.1, 0.15) is 17.2 Å². The van der Waals surface area contributed by atoms with Gasteiger partial charge in [-0.1, -0.05) is 29.3 Å². The molecule has 3 N–H and O–H groups in total. The lowest BCUT2D eigenvalue weighted by Gasteiger charge is -2.20. The van der Waals surface area contributed by atoms with Gasteiger partial charge in [0.15, 0.2) is 11.5 Å². The summed E-state index contributed by atoms with van der Waals surface area (Å²) in [4.78, 5) is 12.5. The Labute approximate surface area is 218 Å². The van der Waals surface area contributed by atoms with Crippen LogP contribution >= 0.6 is 23.2 Å². The fraction of sp³-hybridized carbons (Fsp3) is 0.208. The summed E-state index contributed by atoms with van der Waals surface area (Å²) in [7, 11) is 0.200. The van der Waals surface area contributed by atoms with Gasteiger partial charge in [0.05, 0.1) is 37.8 Å². The van der Waals surface area contributed by atoms with Crippen molar-refractivity contribution in [3.8, 4) is 17.2 Å². The second-order valence-corrected chi connectivity index (χ2v) is 9.99. The van der Waals surface area contributed by atoms with E-state index in [4.69, 9.17) is 37.4 Å². The minimum absolute atomic E-state index is 0.110. The normalized spacial score (nSPS) is 12.1. The first-order chi connectivity index (χ1) is 17.1. The number of aliphatic hydroxyl groups is 1. The third-order valence-corrected chi connectivity index (χ3v) is 7.14. The van der Waals surface area contributed by atoms with Crippen molar-refractivity contribution in [2.75, 3.05) is 33.2 Å². The smallest absolute Gasteiger partial charge is 0.241 e. The number of sulfonamides is 1. The van der Waals surface area contributed by atoms with Crippen molar-refractivity contribution in [3.63, 3.8) is 0 Å². The maximum Gasteiger partial charge on any atom is 0.241 e. The summed E-state index contributed by atoms with van der Waals surface area (Å²) < 4.78 is 43.2. The van der Waals surface area contributed by atoms with Crippen LogP contribution in [0.3, 0.4) is 0 Å². The third kappa shape index (κ3) is 6.21. The Morgan fingerprint density at radius 1 is 0.944 bits per heavy atom. The van der Waals surface area contributed by atoms with E-state index in [1.165, 1.54) is 57.7 Å². The Morgan fingerprint density at radius 2 is 1.64 bits per heavy atom.